The van der Waals surface area contributed by atoms with Crippen molar-refractivity contribution in [2.75, 3.05) is 13.2 Å². The van der Waals surface area contributed by atoms with Gasteiger partial charge in [-0.2, -0.15) is 18.2 Å². The number of halogens is 3. The highest BCUT2D eigenvalue weighted by atomic mass is 19.4. The SMILES string of the molecule is CC(C)(C)OC(=O)NC(C[C@@H]1CCNC1=O)C(=O)COc1ccnc(C(F)(F)F)n1. The van der Waals surface area contributed by atoms with E-state index in [1.165, 1.54) is 0 Å². The van der Waals surface area contributed by atoms with Crippen molar-refractivity contribution < 1.29 is 37.0 Å². The van der Waals surface area contributed by atoms with E-state index in [-0.39, 0.29) is 12.3 Å². The van der Waals surface area contributed by atoms with E-state index >= 15 is 0 Å². The minimum Gasteiger partial charge on any atom is -0.469 e. The van der Waals surface area contributed by atoms with Crippen LogP contribution in [0.2, 0.25) is 0 Å². The van der Waals surface area contributed by atoms with Gasteiger partial charge in [0.2, 0.25) is 17.6 Å². The highest BCUT2D eigenvalue weighted by molar-refractivity contribution is 5.89. The summed E-state index contributed by atoms with van der Waals surface area (Å²) in [6, 6.07) is -0.0545. The Balaban J connectivity index is 2.06. The summed E-state index contributed by atoms with van der Waals surface area (Å²) in [4.78, 5) is 42.8. The Labute approximate surface area is 170 Å². The zero-order valence-corrected chi connectivity index (χ0v) is 16.7. The van der Waals surface area contributed by atoms with Crippen molar-refractivity contribution in [2.24, 2.45) is 5.92 Å². The maximum absolute atomic E-state index is 12.7. The fourth-order valence-corrected chi connectivity index (χ4v) is 2.68. The molecule has 2 amide bonds. The molecule has 2 N–H and O–H groups in total. The summed E-state index contributed by atoms with van der Waals surface area (Å²) in [6.45, 7) is 4.72. The van der Waals surface area contributed by atoms with Gasteiger partial charge in [-0.1, -0.05) is 0 Å². The first-order valence-corrected chi connectivity index (χ1v) is 9.18. The van der Waals surface area contributed by atoms with E-state index in [1.54, 1.807) is 20.8 Å². The van der Waals surface area contributed by atoms with Crippen LogP contribution >= 0.6 is 0 Å². The van der Waals surface area contributed by atoms with Crippen LogP contribution in [-0.2, 0) is 20.5 Å². The van der Waals surface area contributed by atoms with Crippen LogP contribution in [0.1, 0.15) is 39.4 Å². The van der Waals surface area contributed by atoms with E-state index in [1.807, 2.05) is 0 Å². The average molecular weight is 432 g/mol. The number of carbonyl (C=O) groups is 3. The van der Waals surface area contributed by atoms with Gasteiger partial charge >= 0.3 is 12.3 Å². The predicted molar refractivity (Wildman–Crippen MR) is 96.4 cm³/mol. The van der Waals surface area contributed by atoms with Crippen molar-refractivity contribution in [2.45, 2.75) is 51.4 Å². The number of nitrogens with one attached hydrogen (secondary N) is 2. The van der Waals surface area contributed by atoms with Crippen molar-refractivity contribution in [3.8, 4) is 5.88 Å². The molecule has 30 heavy (non-hydrogen) atoms. The molecule has 2 rings (SSSR count). The van der Waals surface area contributed by atoms with Crippen LogP contribution in [0.5, 0.6) is 5.88 Å². The number of hydrogen-bond donors (Lipinski definition) is 2. The second-order valence-electron chi connectivity index (χ2n) is 7.68. The maximum atomic E-state index is 12.7. The number of rotatable bonds is 7. The van der Waals surface area contributed by atoms with E-state index in [2.05, 4.69) is 20.6 Å². The van der Waals surface area contributed by atoms with Gasteiger partial charge in [-0.15, -0.1) is 0 Å². The molecule has 1 fully saturated rings. The number of amides is 2. The molecule has 1 unspecified atom stereocenters. The third-order valence-electron chi connectivity index (χ3n) is 4.01. The molecule has 2 atom stereocenters. The van der Waals surface area contributed by atoms with E-state index < -0.39 is 53.9 Å². The Hall–Kier alpha value is -2.92. The third kappa shape index (κ3) is 7.16. The second-order valence-corrected chi connectivity index (χ2v) is 7.68. The smallest absolute Gasteiger partial charge is 0.451 e. The number of alkyl halides is 3. The molecule has 1 aliphatic heterocycles. The van der Waals surface area contributed by atoms with Gasteiger partial charge < -0.3 is 20.1 Å². The number of ether oxygens (including phenoxy) is 2. The summed E-state index contributed by atoms with van der Waals surface area (Å²) in [7, 11) is 0. The van der Waals surface area contributed by atoms with Crippen LogP contribution < -0.4 is 15.4 Å². The van der Waals surface area contributed by atoms with Gasteiger partial charge in [0, 0.05) is 24.7 Å². The van der Waals surface area contributed by atoms with Crippen molar-refractivity contribution in [3.05, 3.63) is 18.1 Å². The Morgan fingerprint density at radius 1 is 1.33 bits per heavy atom. The van der Waals surface area contributed by atoms with Gasteiger partial charge in [0.15, 0.2) is 12.4 Å². The molecule has 1 aliphatic rings. The quantitative estimate of drug-likeness (QED) is 0.675. The Morgan fingerprint density at radius 3 is 2.60 bits per heavy atom. The Bertz CT molecular complexity index is 795. The molecule has 0 radical (unpaired) electrons. The first kappa shape index (κ1) is 23.4. The summed E-state index contributed by atoms with van der Waals surface area (Å²) >= 11 is 0. The number of aromatic nitrogens is 2. The first-order chi connectivity index (χ1) is 13.8. The van der Waals surface area contributed by atoms with Crippen molar-refractivity contribution in [1.29, 1.82) is 0 Å². The van der Waals surface area contributed by atoms with E-state index in [0.717, 1.165) is 12.3 Å². The van der Waals surface area contributed by atoms with Crippen LogP contribution in [-0.4, -0.2) is 52.5 Å². The zero-order valence-electron chi connectivity index (χ0n) is 16.7. The molecule has 0 spiro atoms. The lowest BCUT2D eigenvalue weighted by atomic mass is 9.96. The van der Waals surface area contributed by atoms with Crippen molar-refractivity contribution >= 4 is 17.8 Å². The van der Waals surface area contributed by atoms with E-state index in [4.69, 9.17) is 9.47 Å². The van der Waals surface area contributed by atoms with E-state index in [9.17, 15) is 27.6 Å². The first-order valence-electron chi connectivity index (χ1n) is 9.18. The predicted octanol–water partition coefficient (Wildman–Crippen LogP) is 1.86. The molecule has 0 aromatic carbocycles. The minimum atomic E-state index is -4.76. The normalized spacial score (nSPS) is 17.8. The van der Waals surface area contributed by atoms with Gasteiger partial charge in [0.05, 0.1) is 6.04 Å². The molecule has 9 nitrogen and oxygen atoms in total. The number of carbonyl (C=O) groups excluding carboxylic acids is 3. The number of ketones is 1. The highest BCUT2D eigenvalue weighted by Gasteiger charge is 2.35. The molecule has 1 aromatic heterocycles. The number of nitrogens with zero attached hydrogens (tertiary/aromatic N) is 2. The molecule has 1 saturated heterocycles. The van der Waals surface area contributed by atoms with Gasteiger partial charge in [-0.05, 0) is 33.6 Å². The molecule has 1 aromatic rings. The second kappa shape index (κ2) is 9.26. The summed E-state index contributed by atoms with van der Waals surface area (Å²) in [5.41, 5.74) is -0.812. The zero-order chi connectivity index (χ0) is 22.5. The van der Waals surface area contributed by atoms with Crippen molar-refractivity contribution in [1.82, 2.24) is 20.6 Å². The van der Waals surface area contributed by atoms with Crippen LogP contribution in [0.4, 0.5) is 18.0 Å². The molecular formula is C18H23F3N4O5. The minimum absolute atomic E-state index is 0.00481. The van der Waals surface area contributed by atoms with Gasteiger partial charge in [-0.3, -0.25) is 9.59 Å². The van der Waals surface area contributed by atoms with E-state index in [0.29, 0.717) is 13.0 Å². The van der Waals surface area contributed by atoms with Crippen LogP contribution in [0.25, 0.3) is 0 Å². The topological polar surface area (TPSA) is 120 Å². The highest BCUT2D eigenvalue weighted by Crippen LogP contribution is 2.26. The lowest BCUT2D eigenvalue weighted by molar-refractivity contribution is -0.145. The number of Topliss-reactive ketones (excluding diaryl/α,β-unsaturated/α-hetero) is 1. The molecule has 0 saturated carbocycles. The van der Waals surface area contributed by atoms with Crippen molar-refractivity contribution in [3.63, 3.8) is 0 Å². The molecule has 0 aliphatic carbocycles. The van der Waals surface area contributed by atoms with Gasteiger partial charge in [0.25, 0.3) is 0 Å². The molecular weight excluding hydrogens is 409 g/mol. The fourth-order valence-electron chi connectivity index (χ4n) is 2.68. The van der Waals surface area contributed by atoms with Gasteiger partial charge in [-0.25, -0.2) is 9.78 Å². The van der Waals surface area contributed by atoms with Gasteiger partial charge in [0.1, 0.15) is 5.60 Å². The van der Waals surface area contributed by atoms with Crippen LogP contribution in [0.15, 0.2) is 12.3 Å². The standard InChI is InChI=1S/C18H23F3N4O5/c1-17(2,3)30-16(28)24-11(8-10-4-6-22-14(10)27)12(26)9-29-13-5-7-23-15(25-13)18(19,20)21/h5,7,10-11H,4,6,8-9H2,1-3H3,(H,22,27)(H,24,28)/t10-,11?/m0/s1. The monoisotopic (exact) mass is 432 g/mol. The molecule has 2 heterocycles. The van der Waals surface area contributed by atoms with Crippen LogP contribution in [0.3, 0.4) is 0 Å². The average Bonchev–Trinajstić information content (AvgIpc) is 3.02. The Kier molecular flexibility index (Phi) is 7.21. The largest absolute Gasteiger partial charge is 0.469 e. The number of alkyl carbamates (subject to hydrolysis) is 1. The summed E-state index contributed by atoms with van der Waals surface area (Å²) in [5, 5.41) is 5.04. The molecule has 12 heteroatoms. The lowest BCUT2D eigenvalue weighted by Gasteiger charge is -2.24. The summed E-state index contributed by atoms with van der Waals surface area (Å²) in [6.07, 6.45) is -4.28. The molecule has 0 bridgehead atoms. The lowest BCUT2D eigenvalue weighted by Crippen LogP contribution is -2.46. The third-order valence-corrected chi connectivity index (χ3v) is 4.01. The fraction of sp³-hybridized carbons (Fsp3) is 0.611. The maximum Gasteiger partial charge on any atom is 0.451 e. The summed E-state index contributed by atoms with van der Waals surface area (Å²) in [5.74, 6) is -3.23. The molecule has 166 valence electrons. The van der Waals surface area contributed by atoms with Crippen LogP contribution in [0, 0.1) is 5.92 Å². The Morgan fingerprint density at radius 2 is 2.03 bits per heavy atom. The number of hydrogen-bond acceptors (Lipinski definition) is 7. The summed E-state index contributed by atoms with van der Waals surface area (Å²) < 4.78 is 48.3.